The van der Waals surface area contributed by atoms with Crippen LogP contribution in [0.4, 0.5) is 0 Å². The monoisotopic (exact) mass is 282 g/mol. The molecule has 0 bridgehead atoms. The molecule has 6 heteroatoms. The van der Waals surface area contributed by atoms with Gasteiger partial charge >= 0.3 is 0 Å². The Morgan fingerprint density at radius 3 is 2.89 bits per heavy atom. The summed E-state index contributed by atoms with van der Waals surface area (Å²) in [5.41, 5.74) is -0.583. The molecule has 0 aromatic rings. The fraction of sp³-hybridized carbons (Fsp3) is 0.692. The first-order chi connectivity index (χ1) is 9.15. The van der Waals surface area contributed by atoms with Gasteiger partial charge in [0.05, 0.1) is 6.61 Å². The second-order valence-electron chi connectivity index (χ2n) is 5.18. The van der Waals surface area contributed by atoms with Gasteiger partial charge in [0.1, 0.15) is 16.2 Å². The topological polar surface area (TPSA) is 58.6 Å². The predicted octanol–water partition coefficient (Wildman–Crippen LogP) is 0.862. The zero-order chi connectivity index (χ0) is 13.5. The second-order valence-corrected chi connectivity index (χ2v) is 6.29. The van der Waals surface area contributed by atoms with E-state index >= 15 is 0 Å². The van der Waals surface area contributed by atoms with E-state index in [1.807, 2.05) is 6.92 Å². The fourth-order valence-electron chi connectivity index (χ4n) is 2.93. The van der Waals surface area contributed by atoms with Gasteiger partial charge in [-0.25, -0.2) is 0 Å². The van der Waals surface area contributed by atoms with Gasteiger partial charge in [-0.15, -0.1) is 11.8 Å². The van der Waals surface area contributed by atoms with Gasteiger partial charge < -0.3 is 15.0 Å². The largest absolute Gasteiger partial charge is 0.496 e. The van der Waals surface area contributed by atoms with Gasteiger partial charge in [-0.1, -0.05) is 0 Å². The first-order valence-corrected chi connectivity index (χ1v) is 7.70. The molecular weight excluding hydrogens is 264 g/mol. The van der Waals surface area contributed by atoms with E-state index in [1.165, 1.54) is 0 Å². The van der Waals surface area contributed by atoms with E-state index in [1.54, 1.807) is 16.7 Å². The molecule has 0 aromatic heterocycles. The van der Waals surface area contributed by atoms with Crippen LogP contribution in [0.25, 0.3) is 0 Å². The predicted molar refractivity (Wildman–Crippen MR) is 72.4 cm³/mol. The molecule has 2 amide bonds. The van der Waals surface area contributed by atoms with E-state index in [9.17, 15) is 9.59 Å². The van der Waals surface area contributed by atoms with Crippen LogP contribution in [-0.2, 0) is 14.3 Å². The Kier molecular flexibility index (Phi) is 3.20. The lowest BCUT2D eigenvalue weighted by Gasteiger charge is -2.51. The Labute approximate surface area is 116 Å². The number of carbonyl (C=O) groups is 2. The molecule has 1 spiro atoms. The lowest BCUT2D eigenvalue weighted by molar-refractivity contribution is -0.155. The van der Waals surface area contributed by atoms with Crippen LogP contribution < -0.4 is 5.32 Å². The maximum absolute atomic E-state index is 12.7. The van der Waals surface area contributed by atoms with Gasteiger partial charge in [0, 0.05) is 18.8 Å². The van der Waals surface area contributed by atoms with Crippen LogP contribution in [0.5, 0.6) is 0 Å². The normalized spacial score (nSPS) is 25.7. The summed E-state index contributed by atoms with van der Waals surface area (Å²) >= 11 is 1.54. The fourth-order valence-corrected chi connectivity index (χ4v) is 3.79. The molecule has 0 aromatic carbocycles. The number of piperazine rings is 1. The van der Waals surface area contributed by atoms with Crippen LogP contribution in [0.1, 0.15) is 26.2 Å². The highest BCUT2D eigenvalue weighted by Gasteiger charge is 2.53. The summed E-state index contributed by atoms with van der Waals surface area (Å²) in [6, 6.07) is 0. The zero-order valence-electron chi connectivity index (χ0n) is 11.0. The third-order valence-electron chi connectivity index (χ3n) is 4.15. The average Bonchev–Trinajstić information content (AvgIpc) is 2.36. The minimum Gasteiger partial charge on any atom is -0.496 e. The van der Waals surface area contributed by atoms with Crippen molar-refractivity contribution in [3.05, 3.63) is 10.7 Å². The number of thioether (sulfide) groups is 1. The molecule has 19 heavy (non-hydrogen) atoms. The molecule has 2 heterocycles. The van der Waals surface area contributed by atoms with Crippen molar-refractivity contribution in [2.75, 3.05) is 25.4 Å². The van der Waals surface area contributed by atoms with E-state index in [2.05, 4.69) is 5.32 Å². The summed E-state index contributed by atoms with van der Waals surface area (Å²) in [5.74, 6) is 1.47. The number of carbonyl (C=O) groups excluding carboxylic acids is 2. The summed E-state index contributed by atoms with van der Waals surface area (Å²) in [6.07, 6.45) is 2.57. The van der Waals surface area contributed by atoms with Gasteiger partial charge in [-0.3, -0.25) is 9.59 Å². The molecule has 3 aliphatic rings. The van der Waals surface area contributed by atoms with Crippen LogP contribution in [0.2, 0.25) is 0 Å². The minimum atomic E-state index is -0.583. The lowest BCUT2D eigenvalue weighted by Crippen LogP contribution is -2.69. The Hall–Kier alpha value is -1.17. The molecule has 1 N–H and O–H groups in total. The van der Waals surface area contributed by atoms with Crippen molar-refractivity contribution in [1.82, 2.24) is 10.2 Å². The maximum atomic E-state index is 12.7. The van der Waals surface area contributed by atoms with Crippen molar-refractivity contribution in [3.8, 4) is 0 Å². The number of nitrogens with zero attached hydrogens (tertiary/aromatic N) is 1. The third kappa shape index (κ3) is 1.93. The Morgan fingerprint density at radius 1 is 1.47 bits per heavy atom. The Bertz CT molecular complexity index is 457. The summed E-state index contributed by atoms with van der Waals surface area (Å²) in [6.45, 7) is 3.63. The highest BCUT2D eigenvalue weighted by Crippen LogP contribution is 2.41. The van der Waals surface area contributed by atoms with Gasteiger partial charge in [-0.05, 0) is 26.2 Å². The minimum absolute atomic E-state index is 0.0123. The van der Waals surface area contributed by atoms with Gasteiger partial charge in [0.2, 0.25) is 5.91 Å². The molecule has 1 saturated carbocycles. The van der Waals surface area contributed by atoms with E-state index < -0.39 is 5.54 Å². The number of rotatable bonds is 1. The first kappa shape index (κ1) is 12.8. The van der Waals surface area contributed by atoms with Crippen LogP contribution in [0.15, 0.2) is 10.7 Å². The number of hydrogen-bond donors (Lipinski definition) is 1. The molecule has 5 nitrogen and oxygen atoms in total. The number of ether oxygens (including phenoxy) is 1. The van der Waals surface area contributed by atoms with Crippen molar-refractivity contribution in [1.29, 1.82) is 0 Å². The van der Waals surface area contributed by atoms with Crippen LogP contribution in [0, 0.1) is 0 Å². The van der Waals surface area contributed by atoms with Crippen LogP contribution >= 0.6 is 11.8 Å². The number of hydrogen-bond acceptors (Lipinski definition) is 4. The Balaban J connectivity index is 1.88. The molecule has 0 atom stereocenters. The Morgan fingerprint density at radius 2 is 2.26 bits per heavy atom. The SMILES string of the molecule is CC1=C(C(=O)N2CCNC(=O)C23CCC3)SCCO1. The highest BCUT2D eigenvalue weighted by molar-refractivity contribution is 8.04. The van der Waals surface area contributed by atoms with Gasteiger partial charge in [-0.2, -0.15) is 0 Å². The first-order valence-electron chi connectivity index (χ1n) is 6.72. The van der Waals surface area contributed by atoms with Crippen LogP contribution in [-0.4, -0.2) is 47.7 Å². The average molecular weight is 282 g/mol. The van der Waals surface area contributed by atoms with Crippen LogP contribution in [0.3, 0.4) is 0 Å². The third-order valence-corrected chi connectivity index (χ3v) is 5.27. The van der Waals surface area contributed by atoms with Crippen molar-refractivity contribution in [2.45, 2.75) is 31.7 Å². The summed E-state index contributed by atoms with van der Waals surface area (Å²) in [4.78, 5) is 27.3. The molecule has 1 saturated heterocycles. The number of allylic oxidation sites excluding steroid dienone is 1. The molecule has 0 radical (unpaired) electrons. The van der Waals surface area contributed by atoms with Gasteiger partial charge in [0.15, 0.2) is 0 Å². The van der Waals surface area contributed by atoms with Crippen molar-refractivity contribution in [2.24, 2.45) is 0 Å². The van der Waals surface area contributed by atoms with Crippen molar-refractivity contribution >= 4 is 23.6 Å². The van der Waals surface area contributed by atoms with E-state index in [0.29, 0.717) is 30.4 Å². The quantitative estimate of drug-likeness (QED) is 0.775. The number of amides is 2. The molecule has 2 aliphatic heterocycles. The molecule has 0 unspecified atom stereocenters. The number of nitrogens with one attached hydrogen (secondary N) is 1. The summed E-state index contributed by atoms with van der Waals surface area (Å²) in [5, 5.41) is 2.89. The van der Waals surface area contributed by atoms with E-state index in [4.69, 9.17) is 4.74 Å². The molecule has 1 aliphatic carbocycles. The summed E-state index contributed by atoms with van der Waals surface area (Å²) < 4.78 is 5.46. The summed E-state index contributed by atoms with van der Waals surface area (Å²) in [7, 11) is 0. The van der Waals surface area contributed by atoms with Crippen molar-refractivity contribution < 1.29 is 14.3 Å². The molecule has 2 fully saturated rings. The van der Waals surface area contributed by atoms with E-state index in [-0.39, 0.29) is 11.8 Å². The lowest BCUT2D eigenvalue weighted by atomic mass is 9.73. The van der Waals surface area contributed by atoms with Gasteiger partial charge in [0.25, 0.3) is 5.91 Å². The zero-order valence-corrected chi connectivity index (χ0v) is 11.8. The second kappa shape index (κ2) is 4.74. The standard InChI is InChI=1S/C13H18N2O3S/c1-9-10(19-8-7-18-9)11(16)15-6-5-14-12(17)13(15)3-2-4-13/h2-8H2,1H3,(H,14,17). The molecule has 3 rings (SSSR count). The molecule has 104 valence electrons. The smallest absolute Gasteiger partial charge is 0.264 e. The highest BCUT2D eigenvalue weighted by atomic mass is 32.2. The maximum Gasteiger partial charge on any atom is 0.264 e. The van der Waals surface area contributed by atoms with Crippen molar-refractivity contribution in [3.63, 3.8) is 0 Å². The molecular formula is C13H18N2O3S. The van der Waals surface area contributed by atoms with E-state index in [0.717, 1.165) is 25.0 Å².